The van der Waals surface area contributed by atoms with Crippen LogP contribution < -0.4 is 0 Å². The van der Waals surface area contributed by atoms with Crippen LogP contribution in [0.15, 0.2) is 97.6 Å². The summed E-state index contributed by atoms with van der Waals surface area (Å²) in [5, 5.41) is 0. The Balaban J connectivity index is 1.08. The van der Waals surface area contributed by atoms with Gasteiger partial charge in [-0.1, -0.05) is 48.6 Å². The molecular formula is C32H30N4. The number of allylic oxidation sites excluding steroid dienone is 2. The number of nitrogens with zero attached hydrogens (tertiary/aromatic N) is 4. The van der Waals surface area contributed by atoms with Crippen LogP contribution in [0, 0.1) is 10.8 Å². The van der Waals surface area contributed by atoms with Crippen LogP contribution in [-0.4, -0.2) is 19.9 Å². The average molecular weight is 471 g/mol. The van der Waals surface area contributed by atoms with Crippen molar-refractivity contribution in [1.29, 1.82) is 0 Å². The van der Waals surface area contributed by atoms with Gasteiger partial charge < -0.3 is 0 Å². The number of aromatic nitrogens is 4. The van der Waals surface area contributed by atoms with Gasteiger partial charge in [0.1, 0.15) is 0 Å². The normalized spacial score (nSPS) is 23.4. The van der Waals surface area contributed by atoms with Gasteiger partial charge in [0.2, 0.25) is 0 Å². The SMILES string of the molecule is C(=C\C12CCC(/C=C/c3ccc(-c4ccccn4)nc3)(CC1)CC2)/c1ccc(-c2ccccn2)nc1. The summed E-state index contributed by atoms with van der Waals surface area (Å²) in [6.07, 6.45) is 24.6. The second-order valence-corrected chi connectivity index (χ2v) is 10.3. The van der Waals surface area contributed by atoms with Gasteiger partial charge in [0.15, 0.2) is 0 Å². The Bertz CT molecular complexity index is 1220. The second kappa shape index (κ2) is 9.62. The molecule has 4 nitrogen and oxygen atoms in total. The van der Waals surface area contributed by atoms with Crippen LogP contribution in [0.1, 0.15) is 49.7 Å². The summed E-state index contributed by atoms with van der Waals surface area (Å²) < 4.78 is 0. The van der Waals surface area contributed by atoms with Gasteiger partial charge in [-0.3, -0.25) is 19.9 Å². The Morgan fingerprint density at radius 3 is 1.22 bits per heavy atom. The topological polar surface area (TPSA) is 51.6 Å². The van der Waals surface area contributed by atoms with Gasteiger partial charge in [-0.25, -0.2) is 0 Å². The Labute approximate surface area is 212 Å². The Hall–Kier alpha value is -3.92. The fourth-order valence-electron chi connectivity index (χ4n) is 5.63. The third-order valence-corrected chi connectivity index (χ3v) is 8.05. The van der Waals surface area contributed by atoms with Gasteiger partial charge in [0.05, 0.1) is 22.8 Å². The fraction of sp³-hybridized carbons (Fsp3) is 0.250. The number of hydrogen-bond donors (Lipinski definition) is 0. The average Bonchev–Trinajstić information content (AvgIpc) is 2.98. The van der Waals surface area contributed by atoms with Crippen molar-refractivity contribution in [2.75, 3.05) is 0 Å². The van der Waals surface area contributed by atoms with E-state index in [1.807, 2.05) is 61.2 Å². The van der Waals surface area contributed by atoms with E-state index in [2.05, 4.69) is 68.5 Å². The van der Waals surface area contributed by atoms with E-state index in [4.69, 9.17) is 0 Å². The van der Waals surface area contributed by atoms with Crippen LogP contribution in [0.5, 0.6) is 0 Å². The summed E-state index contributed by atoms with van der Waals surface area (Å²) in [5.41, 5.74) is 6.65. The summed E-state index contributed by atoms with van der Waals surface area (Å²) in [6.45, 7) is 0. The highest BCUT2D eigenvalue weighted by Crippen LogP contribution is 2.58. The lowest BCUT2D eigenvalue weighted by molar-refractivity contribution is 0.0588. The minimum Gasteiger partial charge on any atom is -0.255 e. The van der Waals surface area contributed by atoms with E-state index in [-0.39, 0.29) is 0 Å². The summed E-state index contributed by atoms with van der Waals surface area (Å²) in [4.78, 5) is 18.0. The first-order valence-electron chi connectivity index (χ1n) is 12.8. The van der Waals surface area contributed by atoms with Gasteiger partial charge >= 0.3 is 0 Å². The molecule has 3 aliphatic rings. The van der Waals surface area contributed by atoms with Gasteiger partial charge in [-0.05, 0) is 96.9 Å². The maximum atomic E-state index is 4.63. The third kappa shape index (κ3) is 4.76. The molecule has 0 aliphatic heterocycles. The van der Waals surface area contributed by atoms with Crippen molar-refractivity contribution >= 4 is 12.2 Å². The molecule has 3 saturated carbocycles. The Kier molecular flexibility index (Phi) is 6.02. The zero-order valence-electron chi connectivity index (χ0n) is 20.4. The van der Waals surface area contributed by atoms with E-state index < -0.39 is 0 Å². The number of hydrogen-bond acceptors (Lipinski definition) is 4. The van der Waals surface area contributed by atoms with Crippen molar-refractivity contribution in [2.24, 2.45) is 10.8 Å². The summed E-state index contributed by atoms with van der Waals surface area (Å²) in [7, 11) is 0. The van der Waals surface area contributed by atoms with E-state index in [1.54, 1.807) is 0 Å². The maximum Gasteiger partial charge on any atom is 0.0886 e. The molecule has 0 amide bonds. The van der Waals surface area contributed by atoms with Gasteiger partial charge in [-0.2, -0.15) is 0 Å². The van der Waals surface area contributed by atoms with E-state index in [1.165, 1.54) is 38.5 Å². The molecule has 4 aromatic heterocycles. The first-order chi connectivity index (χ1) is 17.7. The van der Waals surface area contributed by atoms with Crippen molar-refractivity contribution in [3.05, 3.63) is 109 Å². The standard InChI is InChI=1S/C32H30N4/c1-3-21-33-27(5-1)29-9-7-25(23-35-29)11-13-31-15-18-32(19-16-31,20-17-31)14-12-26-8-10-30(36-24-26)28-6-2-4-22-34-28/h1-14,21-24H,15-20H2/b13-11+,14-12+. The molecule has 0 radical (unpaired) electrons. The zero-order chi connectivity index (χ0) is 24.3. The molecule has 0 atom stereocenters. The number of rotatable bonds is 6. The minimum atomic E-state index is 0.334. The van der Waals surface area contributed by atoms with E-state index >= 15 is 0 Å². The quantitative estimate of drug-likeness (QED) is 0.290. The molecule has 4 aromatic rings. The molecule has 7 rings (SSSR count). The Morgan fingerprint density at radius 2 is 0.889 bits per heavy atom. The van der Waals surface area contributed by atoms with Crippen LogP contribution >= 0.6 is 0 Å². The highest BCUT2D eigenvalue weighted by Gasteiger charge is 2.45. The van der Waals surface area contributed by atoms with Crippen molar-refractivity contribution in [3.8, 4) is 22.8 Å². The molecule has 4 heterocycles. The number of pyridine rings is 4. The molecule has 0 N–H and O–H groups in total. The molecule has 36 heavy (non-hydrogen) atoms. The van der Waals surface area contributed by atoms with Crippen LogP contribution in [0.4, 0.5) is 0 Å². The predicted octanol–water partition coefficient (Wildman–Crippen LogP) is 7.67. The molecule has 2 bridgehead atoms. The van der Waals surface area contributed by atoms with Crippen molar-refractivity contribution in [2.45, 2.75) is 38.5 Å². The molecule has 3 aliphatic carbocycles. The fourth-order valence-corrected chi connectivity index (χ4v) is 5.63. The van der Waals surface area contributed by atoms with Crippen molar-refractivity contribution in [1.82, 2.24) is 19.9 Å². The van der Waals surface area contributed by atoms with Crippen molar-refractivity contribution < 1.29 is 0 Å². The highest BCUT2D eigenvalue weighted by atomic mass is 14.8. The van der Waals surface area contributed by atoms with E-state index in [9.17, 15) is 0 Å². The molecule has 0 spiro atoms. The van der Waals surface area contributed by atoms with Crippen LogP contribution in [0.2, 0.25) is 0 Å². The molecule has 178 valence electrons. The second-order valence-electron chi connectivity index (χ2n) is 10.3. The summed E-state index contributed by atoms with van der Waals surface area (Å²) in [5.74, 6) is 0. The predicted molar refractivity (Wildman–Crippen MR) is 146 cm³/mol. The van der Waals surface area contributed by atoms with Gasteiger partial charge in [0.25, 0.3) is 0 Å². The third-order valence-electron chi connectivity index (χ3n) is 8.05. The van der Waals surface area contributed by atoms with Crippen LogP contribution in [0.25, 0.3) is 34.9 Å². The minimum absolute atomic E-state index is 0.334. The molecule has 0 unspecified atom stereocenters. The largest absolute Gasteiger partial charge is 0.255 e. The van der Waals surface area contributed by atoms with Gasteiger partial charge in [-0.15, -0.1) is 0 Å². The van der Waals surface area contributed by atoms with Crippen LogP contribution in [0.3, 0.4) is 0 Å². The zero-order valence-corrected chi connectivity index (χ0v) is 20.4. The van der Waals surface area contributed by atoms with Crippen molar-refractivity contribution in [3.63, 3.8) is 0 Å². The molecular weight excluding hydrogens is 440 g/mol. The lowest BCUT2D eigenvalue weighted by atomic mass is 9.53. The van der Waals surface area contributed by atoms with Crippen LogP contribution in [-0.2, 0) is 0 Å². The lowest BCUT2D eigenvalue weighted by Crippen LogP contribution is -2.39. The highest BCUT2D eigenvalue weighted by molar-refractivity contribution is 5.59. The summed E-state index contributed by atoms with van der Waals surface area (Å²) >= 11 is 0. The Morgan fingerprint density at radius 1 is 0.472 bits per heavy atom. The monoisotopic (exact) mass is 470 g/mol. The smallest absolute Gasteiger partial charge is 0.0886 e. The molecule has 0 saturated heterocycles. The lowest BCUT2D eigenvalue weighted by Gasteiger charge is -2.51. The summed E-state index contributed by atoms with van der Waals surface area (Å²) in [6, 6.07) is 20.3. The van der Waals surface area contributed by atoms with Gasteiger partial charge in [0, 0.05) is 24.8 Å². The number of fused-ring (bicyclic) bond motifs is 3. The first-order valence-corrected chi connectivity index (χ1v) is 12.8. The van der Waals surface area contributed by atoms with E-state index in [0.717, 1.165) is 33.9 Å². The first kappa shape index (κ1) is 22.5. The molecule has 0 aromatic carbocycles. The molecule has 3 fully saturated rings. The van der Waals surface area contributed by atoms with E-state index in [0.29, 0.717) is 10.8 Å². The maximum absolute atomic E-state index is 4.63. The molecule has 4 heteroatoms.